The molecule has 1 heterocycles. The molecule has 1 rings (SSSR count). The fourth-order valence-corrected chi connectivity index (χ4v) is 1.10. The summed E-state index contributed by atoms with van der Waals surface area (Å²) in [6.07, 6.45) is 3.17. The van der Waals surface area contributed by atoms with Crippen molar-refractivity contribution in [1.82, 2.24) is 0 Å². The Hall–Kier alpha value is -0.0800. The summed E-state index contributed by atoms with van der Waals surface area (Å²) in [6, 6.07) is 0. The highest BCUT2D eigenvalue weighted by Gasteiger charge is 2.08. The van der Waals surface area contributed by atoms with Gasteiger partial charge in [-0.25, -0.2) is 0 Å². The average molecular weight is 116 g/mol. The third-order valence-electron chi connectivity index (χ3n) is 1.65. The molecule has 0 amide bonds. The van der Waals surface area contributed by atoms with Crippen LogP contribution in [-0.2, 0) is 0 Å². The Labute approximate surface area is 49.9 Å². The average Bonchev–Trinajstić information content (AvgIpc) is 1.94. The highest BCUT2D eigenvalue weighted by atomic mass is 16.3. The van der Waals surface area contributed by atoms with Crippen LogP contribution in [0.4, 0.5) is 0 Å². The number of nitrogens with two attached hydrogens (primary N) is 1. The van der Waals surface area contributed by atoms with Gasteiger partial charge in [-0.1, -0.05) is 0 Å². The maximum atomic E-state index is 9.07. The lowest BCUT2D eigenvalue weighted by molar-refractivity contribution is -0.653. The molecule has 1 atom stereocenters. The smallest absolute Gasteiger partial charge is 0.0780 e. The molecule has 1 aliphatic heterocycles. The van der Waals surface area contributed by atoms with E-state index >= 15 is 0 Å². The van der Waals surface area contributed by atoms with Crippen LogP contribution in [0.3, 0.4) is 0 Å². The Morgan fingerprint density at radius 1 is 1.25 bits per heavy atom. The first-order chi connectivity index (χ1) is 3.89. The van der Waals surface area contributed by atoms with Crippen LogP contribution in [0.5, 0.6) is 0 Å². The molecule has 0 aromatic carbocycles. The number of rotatable bonds is 0. The van der Waals surface area contributed by atoms with Gasteiger partial charge in [-0.15, -0.1) is 0 Å². The monoisotopic (exact) mass is 116 g/mol. The van der Waals surface area contributed by atoms with E-state index < -0.39 is 0 Å². The summed E-state index contributed by atoms with van der Waals surface area (Å²) in [7, 11) is 0. The molecule has 8 heavy (non-hydrogen) atoms. The zero-order valence-corrected chi connectivity index (χ0v) is 5.14. The third kappa shape index (κ3) is 1.80. The van der Waals surface area contributed by atoms with Crippen LogP contribution in [0.15, 0.2) is 0 Å². The van der Waals surface area contributed by atoms with E-state index in [0.717, 1.165) is 19.4 Å². The number of hydrogen-bond acceptors (Lipinski definition) is 1. The number of quaternary nitrogens is 1. The van der Waals surface area contributed by atoms with E-state index in [1.165, 1.54) is 13.0 Å². The SMILES string of the molecule is O[C@@H]1CCC[NH2+]CC1. The first-order valence-corrected chi connectivity index (χ1v) is 3.39. The number of aliphatic hydroxyl groups excluding tert-OH is 1. The van der Waals surface area contributed by atoms with E-state index in [4.69, 9.17) is 5.11 Å². The Balaban J connectivity index is 2.17. The molecule has 0 unspecified atom stereocenters. The van der Waals surface area contributed by atoms with Gasteiger partial charge >= 0.3 is 0 Å². The van der Waals surface area contributed by atoms with E-state index in [-0.39, 0.29) is 6.10 Å². The zero-order valence-electron chi connectivity index (χ0n) is 5.14. The molecule has 0 spiro atoms. The Bertz CT molecular complexity index is 57.5. The largest absolute Gasteiger partial charge is 0.393 e. The lowest BCUT2D eigenvalue weighted by Gasteiger charge is -1.99. The van der Waals surface area contributed by atoms with Gasteiger partial charge in [0.25, 0.3) is 0 Å². The predicted molar refractivity (Wildman–Crippen MR) is 31.5 cm³/mol. The standard InChI is InChI=1S/C6H13NO/c8-6-2-1-4-7-5-3-6/h6-8H,1-5H2/p+1/t6-/m1/s1. The molecule has 0 saturated carbocycles. The molecular weight excluding hydrogens is 102 g/mol. The third-order valence-corrected chi connectivity index (χ3v) is 1.65. The molecule has 2 heteroatoms. The molecule has 1 saturated heterocycles. The van der Waals surface area contributed by atoms with E-state index in [9.17, 15) is 0 Å². The normalized spacial score (nSPS) is 31.9. The van der Waals surface area contributed by atoms with E-state index in [0.29, 0.717) is 0 Å². The second-order valence-electron chi connectivity index (χ2n) is 2.45. The fraction of sp³-hybridized carbons (Fsp3) is 1.00. The molecule has 0 bridgehead atoms. The number of aliphatic hydroxyl groups is 1. The van der Waals surface area contributed by atoms with Crippen molar-refractivity contribution in [2.45, 2.75) is 25.4 Å². The summed E-state index contributed by atoms with van der Waals surface area (Å²) in [6.45, 7) is 2.32. The highest BCUT2D eigenvalue weighted by molar-refractivity contribution is 4.55. The van der Waals surface area contributed by atoms with Crippen molar-refractivity contribution in [3.63, 3.8) is 0 Å². The van der Waals surface area contributed by atoms with Crippen molar-refractivity contribution in [1.29, 1.82) is 0 Å². The minimum atomic E-state index is -0.00579. The molecule has 3 N–H and O–H groups in total. The first-order valence-electron chi connectivity index (χ1n) is 3.39. The minimum Gasteiger partial charge on any atom is -0.393 e. The maximum absolute atomic E-state index is 9.07. The molecule has 48 valence electrons. The van der Waals surface area contributed by atoms with Gasteiger partial charge in [0, 0.05) is 6.42 Å². The summed E-state index contributed by atoms with van der Waals surface area (Å²) in [5.74, 6) is 0. The Kier molecular flexibility index (Phi) is 2.30. The van der Waals surface area contributed by atoms with Crippen molar-refractivity contribution in [2.24, 2.45) is 0 Å². The molecular formula is C6H14NO+. The van der Waals surface area contributed by atoms with Gasteiger partial charge in [-0.2, -0.15) is 0 Å². The molecule has 1 fully saturated rings. The lowest BCUT2D eigenvalue weighted by atomic mass is 10.2. The van der Waals surface area contributed by atoms with Gasteiger partial charge in [0.1, 0.15) is 0 Å². The van der Waals surface area contributed by atoms with Gasteiger partial charge < -0.3 is 10.4 Å². The Morgan fingerprint density at radius 2 is 2.12 bits per heavy atom. The molecule has 2 nitrogen and oxygen atoms in total. The summed E-state index contributed by atoms with van der Waals surface area (Å²) < 4.78 is 0. The van der Waals surface area contributed by atoms with Crippen molar-refractivity contribution < 1.29 is 10.4 Å². The van der Waals surface area contributed by atoms with Crippen LogP contribution in [-0.4, -0.2) is 24.3 Å². The van der Waals surface area contributed by atoms with Gasteiger partial charge in [0.05, 0.1) is 19.2 Å². The second-order valence-corrected chi connectivity index (χ2v) is 2.45. The van der Waals surface area contributed by atoms with Crippen molar-refractivity contribution in [3.8, 4) is 0 Å². The van der Waals surface area contributed by atoms with Crippen LogP contribution >= 0.6 is 0 Å². The molecule has 1 aliphatic rings. The topological polar surface area (TPSA) is 36.8 Å². The van der Waals surface area contributed by atoms with Gasteiger partial charge in [0.2, 0.25) is 0 Å². The van der Waals surface area contributed by atoms with Crippen LogP contribution < -0.4 is 5.32 Å². The minimum absolute atomic E-state index is 0.00579. The van der Waals surface area contributed by atoms with Crippen LogP contribution in [0.1, 0.15) is 19.3 Å². The summed E-state index contributed by atoms with van der Waals surface area (Å²) >= 11 is 0. The van der Waals surface area contributed by atoms with Crippen molar-refractivity contribution in [3.05, 3.63) is 0 Å². The zero-order chi connectivity index (χ0) is 5.82. The van der Waals surface area contributed by atoms with Gasteiger partial charge in [0.15, 0.2) is 0 Å². The van der Waals surface area contributed by atoms with Gasteiger partial charge in [-0.05, 0) is 12.8 Å². The van der Waals surface area contributed by atoms with Gasteiger partial charge in [-0.3, -0.25) is 0 Å². The molecule has 0 radical (unpaired) electrons. The van der Waals surface area contributed by atoms with Crippen LogP contribution in [0.2, 0.25) is 0 Å². The van der Waals surface area contributed by atoms with E-state index in [2.05, 4.69) is 5.32 Å². The highest BCUT2D eigenvalue weighted by Crippen LogP contribution is 1.99. The molecule has 0 aromatic heterocycles. The quantitative estimate of drug-likeness (QED) is 0.422. The molecule has 0 aromatic rings. The van der Waals surface area contributed by atoms with Crippen molar-refractivity contribution in [2.75, 3.05) is 13.1 Å². The van der Waals surface area contributed by atoms with Crippen LogP contribution in [0, 0.1) is 0 Å². The predicted octanol–water partition coefficient (Wildman–Crippen LogP) is -0.905. The molecule has 0 aliphatic carbocycles. The lowest BCUT2D eigenvalue weighted by Crippen LogP contribution is -2.83. The summed E-state index contributed by atoms with van der Waals surface area (Å²) in [4.78, 5) is 0. The summed E-state index contributed by atoms with van der Waals surface area (Å²) in [5, 5.41) is 11.3. The Morgan fingerprint density at radius 3 is 3.00 bits per heavy atom. The fourth-order valence-electron chi connectivity index (χ4n) is 1.10. The second kappa shape index (κ2) is 3.05. The van der Waals surface area contributed by atoms with E-state index in [1.807, 2.05) is 0 Å². The maximum Gasteiger partial charge on any atom is 0.0780 e. The summed E-state index contributed by atoms with van der Waals surface area (Å²) in [5.41, 5.74) is 0. The van der Waals surface area contributed by atoms with Crippen LogP contribution in [0.25, 0.3) is 0 Å². The van der Waals surface area contributed by atoms with E-state index in [1.54, 1.807) is 0 Å². The number of hydrogen-bond donors (Lipinski definition) is 2. The van der Waals surface area contributed by atoms with Crippen molar-refractivity contribution >= 4 is 0 Å². The first kappa shape index (κ1) is 6.05.